The number of carbonyl (C=O) groups is 1. The SMILES string of the molecule is O=C(O)CSCC=CC[C@H]1[C@@H](C=CC(O)c2ccccc2)[C@H]2CC[C@@H]1O2. The smallest absolute Gasteiger partial charge is 0.313 e. The van der Waals surface area contributed by atoms with Crippen molar-refractivity contribution < 1.29 is 19.7 Å². The van der Waals surface area contributed by atoms with Crippen molar-refractivity contribution in [2.75, 3.05) is 11.5 Å². The Labute approximate surface area is 159 Å². The van der Waals surface area contributed by atoms with Crippen LogP contribution in [0.4, 0.5) is 0 Å². The molecule has 0 saturated carbocycles. The van der Waals surface area contributed by atoms with Crippen LogP contribution in [0.2, 0.25) is 0 Å². The van der Waals surface area contributed by atoms with Gasteiger partial charge in [-0.3, -0.25) is 4.79 Å². The van der Waals surface area contributed by atoms with Gasteiger partial charge < -0.3 is 14.9 Å². The molecule has 1 unspecified atom stereocenters. The Morgan fingerprint density at radius 3 is 2.77 bits per heavy atom. The van der Waals surface area contributed by atoms with Gasteiger partial charge in [0.1, 0.15) is 0 Å². The second-order valence-electron chi connectivity index (χ2n) is 6.89. The largest absolute Gasteiger partial charge is 0.481 e. The molecule has 1 aromatic carbocycles. The van der Waals surface area contributed by atoms with Crippen LogP contribution in [0.15, 0.2) is 54.6 Å². The highest BCUT2D eigenvalue weighted by Crippen LogP contribution is 2.46. The first-order valence-corrected chi connectivity index (χ1v) is 10.3. The third-order valence-electron chi connectivity index (χ3n) is 5.16. The van der Waals surface area contributed by atoms with E-state index in [0.29, 0.717) is 17.9 Å². The fourth-order valence-corrected chi connectivity index (χ4v) is 4.48. The summed E-state index contributed by atoms with van der Waals surface area (Å²) < 4.78 is 6.10. The van der Waals surface area contributed by atoms with E-state index in [-0.39, 0.29) is 11.9 Å². The first-order valence-electron chi connectivity index (χ1n) is 9.16. The van der Waals surface area contributed by atoms with Crippen LogP contribution in [0.3, 0.4) is 0 Å². The molecule has 2 saturated heterocycles. The number of rotatable bonds is 9. The molecule has 0 amide bonds. The molecule has 26 heavy (non-hydrogen) atoms. The number of carboxylic acids is 1. The van der Waals surface area contributed by atoms with Gasteiger partial charge in [-0.05, 0) is 30.7 Å². The van der Waals surface area contributed by atoms with Crippen LogP contribution in [0.25, 0.3) is 0 Å². The zero-order valence-corrected chi connectivity index (χ0v) is 15.6. The van der Waals surface area contributed by atoms with Crippen LogP contribution in [-0.4, -0.2) is 39.9 Å². The van der Waals surface area contributed by atoms with E-state index >= 15 is 0 Å². The Hall–Kier alpha value is -1.56. The second kappa shape index (κ2) is 9.40. The Bertz CT molecular complexity index is 643. The predicted octanol–water partition coefficient (Wildman–Crippen LogP) is 3.83. The van der Waals surface area contributed by atoms with Gasteiger partial charge in [0.25, 0.3) is 0 Å². The topological polar surface area (TPSA) is 66.8 Å². The van der Waals surface area contributed by atoms with Gasteiger partial charge in [0.15, 0.2) is 0 Å². The first-order chi connectivity index (χ1) is 12.6. The van der Waals surface area contributed by atoms with Crippen LogP contribution >= 0.6 is 11.8 Å². The van der Waals surface area contributed by atoms with Crippen molar-refractivity contribution in [1.29, 1.82) is 0 Å². The van der Waals surface area contributed by atoms with E-state index in [4.69, 9.17) is 9.84 Å². The summed E-state index contributed by atoms with van der Waals surface area (Å²) in [6.07, 6.45) is 11.4. The number of fused-ring (bicyclic) bond motifs is 2. The molecular formula is C21H26O4S. The van der Waals surface area contributed by atoms with Gasteiger partial charge in [-0.25, -0.2) is 0 Å². The maximum atomic E-state index is 10.5. The van der Waals surface area contributed by atoms with Gasteiger partial charge in [0.2, 0.25) is 0 Å². The van der Waals surface area contributed by atoms with Gasteiger partial charge in [0.05, 0.1) is 24.1 Å². The van der Waals surface area contributed by atoms with E-state index in [9.17, 15) is 9.90 Å². The molecule has 2 N–H and O–H groups in total. The number of ether oxygens (including phenoxy) is 1. The van der Waals surface area contributed by atoms with E-state index in [1.807, 2.05) is 36.4 Å². The maximum absolute atomic E-state index is 10.5. The summed E-state index contributed by atoms with van der Waals surface area (Å²) in [6, 6.07) is 9.68. The Kier molecular flexibility index (Phi) is 6.94. The monoisotopic (exact) mass is 374 g/mol. The Morgan fingerprint density at radius 2 is 2.00 bits per heavy atom. The summed E-state index contributed by atoms with van der Waals surface area (Å²) in [5.41, 5.74) is 0.903. The van der Waals surface area contributed by atoms with E-state index in [0.717, 1.165) is 30.6 Å². The molecule has 2 bridgehead atoms. The van der Waals surface area contributed by atoms with Crippen LogP contribution in [0.5, 0.6) is 0 Å². The number of aliphatic hydroxyl groups excluding tert-OH is 1. The summed E-state index contributed by atoms with van der Waals surface area (Å²) in [5, 5.41) is 19.0. The highest BCUT2D eigenvalue weighted by Gasteiger charge is 2.46. The molecular weight excluding hydrogens is 348 g/mol. The van der Waals surface area contributed by atoms with Crippen molar-refractivity contribution in [3.8, 4) is 0 Å². The van der Waals surface area contributed by atoms with Crippen LogP contribution in [-0.2, 0) is 9.53 Å². The molecule has 3 rings (SSSR count). The fourth-order valence-electron chi connectivity index (χ4n) is 3.92. The van der Waals surface area contributed by atoms with Crippen molar-refractivity contribution in [2.45, 2.75) is 37.6 Å². The van der Waals surface area contributed by atoms with E-state index in [1.165, 1.54) is 11.8 Å². The molecule has 0 aliphatic carbocycles. The van der Waals surface area contributed by atoms with Crippen molar-refractivity contribution in [3.05, 3.63) is 60.2 Å². The lowest BCUT2D eigenvalue weighted by atomic mass is 9.77. The lowest BCUT2D eigenvalue weighted by Gasteiger charge is -2.25. The number of carboxylic acid groups (broad SMARTS) is 1. The minimum Gasteiger partial charge on any atom is -0.481 e. The molecule has 5 atom stereocenters. The summed E-state index contributed by atoms with van der Waals surface area (Å²) in [4.78, 5) is 10.5. The minimum atomic E-state index is -0.771. The number of benzene rings is 1. The summed E-state index contributed by atoms with van der Waals surface area (Å²) in [6.45, 7) is 0. The molecule has 2 heterocycles. The molecule has 2 aliphatic rings. The van der Waals surface area contributed by atoms with Crippen LogP contribution in [0.1, 0.15) is 30.9 Å². The predicted molar refractivity (Wildman–Crippen MR) is 104 cm³/mol. The third kappa shape index (κ3) is 5.00. The van der Waals surface area contributed by atoms with Gasteiger partial charge in [-0.1, -0.05) is 54.6 Å². The Morgan fingerprint density at radius 1 is 1.23 bits per heavy atom. The van der Waals surface area contributed by atoms with Crippen LogP contribution in [0, 0.1) is 11.8 Å². The highest BCUT2D eigenvalue weighted by atomic mass is 32.2. The van der Waals surface area contributed by atoms with Gasteiger partial charge in [-0.15, -0.1) is 11.8 Å². The molecule has 1 aromatic rings. The summed E-state index contributed by atoms with van der Waals surface area (Å²) >= 11 is 1.41. The van der Waals surface area contributed by atoms with Gasteiger partial charge in [0, 0.05) is 11.7 Å². The quantitative estimate of drug-likeness (QED) is 0.508. The molecule has 0 aromatic heterocycles. The van der Waals surface area contributed by atoms with Gasteiger partial charge in [-0.2, -0.15) is 0 Å². The van der Waals surface area contributed by atoms with Crippen molar-refractivity contribution in [3.63, 3.8) is 0 Å². The van der Waals surface area contributed by atoms with Gasteiger partial charge >= 0.3 is 5.97 Å². The average molecular weight is 375 g/mol. The number of hydrogen-bond acceptors (Lipinski definition) is 4. The van der Waals surface area contributed by atoms with Crippen molar-refractivity contribution in [1.82, 2.24) is 0 Å². The highest BCUT2D eigenvalue weighted by molar-refractivity contribution is 8.00. The second-order valence-corrected chi connectivity index (χ2v) is 7.92. The van der Waals surface area contributed by atoms with Crippen molar-refractivity contribution >= 4 is 17.7 Å². The number of hydrogen-bond donors (Lipinski definition) is 2. The number of aliphatic carboxylic acids is 1. The van der Waals surface area contributed by atoms with E-state index in [2.05, 4.69) is 18.2 Å². The van der Waals surface area contributed by atoms with Crippen LogP contribution < -0.4 is 0 Å². The Balaban J connectivity index is 1.54. The summed E-state index contributed by atoms with van der Waals surface area (Å²) in [7, 11) is 0. The normalized spacial score (nSPS) is 29.0. The first kappa shape index (κ1) is 19.2. The molecule has 2 fully saturated rings. The summed E-state index contributed by atoms with van der Waals surface area (Å²) in [5.74, 6) is 0.870. The van der Waals surface area contributed by atoms with E-state index in [1.54, 1.807) is 0 Å². The minimum absolute atomic E-state index is 0.143. The number of aliphatic hydroxyl groups is 1. The average Bonchev–Trinajstić information content (AvgIpc) is 3.24. The zero-order valence-electron chi connectivity index (χ0n) is 14.7. The maximum Gasteiger partial charge on any atom is 0.313 e. The lowest BCUT2D eigenvalue weighted by molar-refractivity contribution is -0.133. The molecule has 2 aliphatic heterocycles. The fraction of sp³-hybridized carbons (Fsp3) is 0.476. The third-order valence-corrected chi connectivity index (χ3v) is 6.04. The molecule has 5 heteroatoms. The number of thioether (sulfide) groups is 1. The molecule has 4 nitrogen and oxygen atoms in total. The molecule has 140 valence electrons. The standard InChI is InChI=1S/C21H26O4S/c22-18(15-6-2-1-3-7-15)10-9-17-16(19-11-12-20(17)25-19)8-4-5-13-26-14-21(23)24/h1-7,9-10,16-20,22H,8,11-14H2,(H,23,24)/t16-,17+,18?,19-,20+/m0/s1. The van der Waals surface area contributed by atoms with E-state index < -0.39 is 12.1 Å². The number of allylic oxidation sites excluding steroid dienone is 1. The zero-order chi connectivity index (χ0) is 18.4. The molecule has 0 radical (unpaired) electrons. The lowest BCUT2D eigenvalue weighted by Crippen LogP contribution is -2.25. The van der Waals surface area contributed by atoms with Crippen molar-refractivity contribution in [2.24, 2.45) is 11.8 Å². The molecule has 0 spiro atoms.